The van der Waals surface area contributed by atoms with E-state index >= 15 is 0 Å². The van der Waals surface area contributed by atoms with Crippen molar-refractivity contribution in [1.82, 2.24) is 17.6 Å². The fourth-order valence-corrected chi connectivity index (χ4v) is 0.625. The van der Waals surface area contributed by atoms with Crippen molar-refractivity contribution in [2.45, 2.75) is 12.8 Å². The van der Waals surface area contributed by atoms with Crippen LogP contribution in [0.5, 0.6) is 0 Å². The van der Waals surface area contributed by atoms with Crippen molar-refractivity contribution >= 4 is 29.7 Å². The number of carbonyl (C=O) groups excluding carboxylic acids is 1. The maximum absolute atomic E-state index is 9.07. The fraction of sp³-hybridized carbons (Fsp3) is 0.800. The summed E-state index contributed by atoms with van der Waals surface area (Å²) in [4.78, 5) is 9.07. The molecule has 11 heavy (non-hydrogen) atoms. The van der Waals surface area contributed by atoms with Gasteiger partial charge in [0.05, 0.1) is 0 Å². The topological polar surface area (TPSA) is 102 Å². The molecule has 0 spiro atoms. The van der Waals surface area contributed by atoms with Crippen molar-refractivity contribution in [3.05, 3.63) is 0 Å². The molecular formula is C5H17N3OS2. The van der Waals surface area contributed by atoms with Crippen LogP contribution in [0.1, 0.15) is 12.8 Å². The highest BCUT2D eigenvalue weighted by Crippen LogP contribution is 1.90. The summed E-state index contributed by atoms with van der Waals surface area (Å²) in [6.45, 7) is 2.50. The van der Waals surface area contributed by atoms with Crippen LogP contribution in [0.3, 0.4) is 0 Å². The average Bonchev–Trinajstić information content (AvgIpc) is 2.11. The number of quaternary nitrogens is 2. The minimum Gasteiger partial charge on any atom is -0.767 e. The van der Waals surface area contributed by atoms with Crippen LogP contribution >= 0.6 is 0 Å². The van der Waals surface area contributed by atoms with Crippen LogP contribution < -0.4 is 17.6 Å². The molecule has 0 unspecified atom stereocenters. The lowest BCUT2D eigenvalue weighted by molar-refractivity contribution is 0.277. The van der Waals surface area contributed by atoms with Crippen LogP contribution in [-0.4, -0.2) is 17.5 Å². The van der Waals surface area contributed by atoms with E-state index in [0.29, 0.717) is 0 Å². The first-order valence-electron chi connectivity index (χ1n) is 2.82. The fourth-order valence-electron chi connectivity index (χ4n) is 0.625. The molecule has 0 radical (unpaired) electrons. The molecule has 1 aliphatic heterocycles. The van der Waals surface area contributed by atoms with E-state index in [1.807, 2.05) is 0 Å². The van der Waals surface area contributed by atoms with Crippen LogP contribution in [0.25, 0.3) is 0 Å². The Morgan fingerprint density at radius 3 is 1.45 bits per heavy atom. The minimum atomic E-state index is -0.667. The summed E-state index contributed by atoms with van der Waals surface area (Å²) < 4.78 is -0.667. The maximum Gasteiger partial charge on any atom is -0.00484 e. The largest absolute Gasteiger partial charge is 0.767 e. The summed E-state index contributed by atoms with van der Waals surface area (Å²) in [7, 11) is 0. The quantitative estimate of drug-likeness (QED) is 0.512. The molecule has 1 aliphatic rings. The van der Waals surface area contributed by atoms with Gasteiger partial charge in [-0.05, 0) is 25.9 Å². The number of hydrogen-bond donors (Lipinski definition) is 3. The van der Waals surface area contributed by atoms with Gasteiger partial charge >= 0.3 is 0 Å². The molecule has 9 N–H and O–H groups in total. The Balaban J connectivity index is -0.000000101. The van der Waals surface area contributed by atoms with Gasteiger partial charge in [0.15, 0.2) is 0 Å². The Labute approximate surface area is 78.5 Å². The van der Waals surface area contributed by atoms with E-state index < -0.39 is 4.45 Å². The Morgan fingerprint density at radius 2 is 1.36 bits per heavy atom. The Kier molecular flexibility index (Phi) is 19.8. The molecule has 1 rings (SSSR count). The van der Waals surface area contributed by atoms with Gasteiger partial charge in [-0.2, -0.15) is 0 Å². The summed E-state index contributed by atoms with van der Waals surface area (Å²) in [6.07, 6.45) is 2.78. The number of nitrogens with one attached hydrogen (secondary N) is 1. The van der Waals surface area contributed by atoms with Crippen LogP contribution in [0.2, 0.25) is 0 Å². The highest BCUT2D eigenvalue weighted by Gasteiger charge is 1.93. The van der Waals surface area contributed by atoms with Gasteiger partial charge in [0, 0.05) is 0 Å². The SMILES string of the molecule is C1CCNC1.O=C([S-])[S-].[NH4+].[NH4+]. The second kappa shape index (κ2) is 12.6. The predicted octanol–water partition coefficient (Wildman–Crippen LogP) is 1.32. The summed E-state index contributed by atoms with van der Waals surface area (Å²) >= 11 is 7.59. The zero-order chi connectivity index (χ0) is 7.11. The lowest BCUT2D eigenvalue weighted by atomic mass is 10.4. The summed E-state index contributed by atoms with van der Waals surface area (Å²) in [6, 6.07) is 0. The number of hydrogen-bond acceptors (Lipinski definition) is 4. The zero-order valence-electron chi connectivity index (χ0n) is 7.05. The minimum absolute atomic E-state index is 0. The van der Waals surface area contributed by atoms with E-state index in [1.165, 1.54) is 25.9 Å². The Hall–Kier alpha value is -0.0100. The molecule has 1 saturated heterocycles. The molecule has 4 nitrogen and oxygen atoms in total. The summed E-state index contributed by atoms with van der Waals surface area (Å²) in [5.41, 5.74) is 0. The van der Waals surface area contributed by atoms with E-state index in [1.54, 1.807) is 0 Å². The number of rotatable bonds is 0. The molecule has 0 aromatic carbocycles. The normalized spacial score (nSPS) is 13.1. The maximum atomic E-state index is 9.07. The molecule has 0 atom stereocenters. The van der Waals surface area contributed by atoms with Crippen molar-refractivity contribution in [2.24, 2.45) is 0 Å². The summed E-state index contributed by atoms with van der Waals surface area (Å²) in [5, 5.41) is 3.22. The third kappa shape index (κ3) is 25.6. The van der Waals surface area contributed by atoms with Crippen molar-refractivity contribution in [3.8, 4) is 0 Å². The van der Waals surface area contributed by atoms with E-state index in [0.717, 1.165) is 0 Å². The molecular weight excluding hydrogens is 182 g/mol. The molecule has 0 aromatic rings. The Bertz CT molecular complexity index is 76.2. The molecule has 0 aliphatic carbocycles. The van der Waals surface area contributed by atoms with Crippen molar-refractivity contribution in [1.29, 1.82) is 0 Å². The predicted molar refractivity (Wildman–Crippen MR) is 54.2 cm³/mol. The first kappa shape index (κ1) is 17.2. The van der Waals surface area contributed by atoms with Gasteiger partial charge < -0.3 is 47.7 Å². The first-order chi connectivity index (χ1) is 4.23. The highest BCUT2D eigenvalue weighted by atomic mass is 32.2. The second-order valence-corrected chi connectivity index (χ2v) is 2.71. The van der Waals surface area contributed by atoms with Crippen molar-refractivity contribution in [3.63, 3.8) is 0 Å². The van der Waals surface area contributed by atoms with E-state index in [2.05, 4.69) is 30.6 Å². The van der Waals surface area contributed by atoms with Gasteiger partial charge in [-0.3, -0.25) is 0 Å². The van der Waals surface area contributed by atoms with Crippen LogP contribution in [0.15, 0.2) is 0 Å². The summed E-state index contributed by atoms with van der Waals surface area (Å²) in [5.74, 6) is 0. The van der Waals surface area contributed by atoms with Crippen molar-refractivity contribution in [2.75, 3.05) is 13.1 Å². The standard InChI is InChI=1S/C4H9N.CH2OS2.2H3N/c1-2-4-5-3-1;2-1(3)4;;/h5H,1-4H2;(H2,2,3,4);2*1H3. The van der Waals surface area contributed by atoms with Crippen LogP contribution in [0, 0.1) is 0 Å². The van der Waals surface area contributed by atoms with E-state index in [-0.39, 0.29) is 12.3 Å². The average molecular weight is 199 g/mol. The third-order valence-electron chi connectivity index (χ3n) is 0.957. The molecule has 0 aromatic heterocycles. The molecule has 0 bridgehead atoms. The Morgan fingerprint density at radius 1 is 1.09 bits per heavy atom. The lowest BCUT2D eigenvalue weighted by Gasteiger charge is -2.02. The molecule has 0 saturated carbocycles. The monoisotopic (exact) mass is 199 g/mol. The molecule has 1 fully saturated rings. The lowest BCUT2D eigenvalue weighted by Crippen LogP contribution is -2.03. The van der Waals surface area contributed by atoms with Crippen molar-refractivity contribution < 1.29 is 4.79 Å². The third-order valence-corrected chi connectivity index (χ3v) is 0.957. The second-order valence-electron chi connectivity index (χ2n) is 1.71. The zero-order valence-corrected chi connectivity index (χ0v) is 8.69. The van der Waals surface area contributed by atoms with Gasteiger partial charge in [-0.25, -0.2) is 0 Å². The molecule has 70 valence electrons. The van der Waals surface area contributed by atoms with Gasteiger partial charge in [-0.1, -0.05) is 0 Å². The molecule has 1 heterocycles. The van der Waals surface area contributed by atoms with Gasteiger partial charge in [0.2, 0.25) is 0 Å². The van der Waals surface area contributed by atoms with Crippen LogP contribution in [-0.2, 0) is 25.3 Å². The van der Waals surface area contributed by atoms with E-state index in [9.17, 15) is 0 Å². The van der Waals surface area contributed by atoms with Gasteiger partial charge in [0.25, 0.3) is 0 Å². The van der Waals surface area contributed by atoms with Crippen LogP contribution in [0.4, 0.5) is 4.79 Å². The molecule has 0 amide bonds. The van der Waals surface area contributed by atoms with Gasteiger partial charge in [0.1, 0.15) is 0 Å². The number of carbonyl (C=O) groups is 1. The smallest absolute Gasteiger partial charge is 0.00484 e. The molecule has 6 heteroatoms. The van der Waals surface area contributed by atoms with Gasteiger partial charge in [-0.15, -0.1) is 4.45 Å². The van der Waals surface area contributed by atoms with E-state index in [4.69, 9.17) is 4.79 Å². The first-order valence-corrected chi connectivity index (χ1v) is 3.64. The highest BCUT2D eigenvalue weighted by molar-refractivity contribution is 8.04.